The van der Waals surface area contributed by atoms with Gasteiger partial charge in [-0.3, -0.25) is 9.79 Å². The zero-order valence-electron chi connectivity index (χ0n) is 18.8. The molecule has 0 spiro atoms. The molecule has 2 aromatic rings. The van der Waals surface area contributed by atoms with E-state index in [0.717, 1.165) is 30.4 Å². The van der Waals surface area contributed by atoms with Gasteiger partial charge in [-0.1, -0.05) is 37.6 Å². The van der Waals surface area contributed by atoms with Crippen LogP contribution in [-0.4, -0.2) is 46.7 Å². The van der Waals surface area contributed by atoms with Crippen LogP contribution < -0.4 is 16.0 Å². The SMILES string of the molecule is CCCCNC(=O)c1ccc(CNC(=NC)NCCc2ccc(S(C)(=O)=O)cc2)cc1.I. The zero-order valence-corrected chi connectivity index (χ0v) is 22.0. The van der Waals surface area contributed by atoms with Crippen LogP contribution in [0, 0.1) is 0 Å². The quantitative estimate of drug-likeness (QED) is 0.176. The minimum Gasteiger partial charge on any atom is -0.356 e. The van der Waals surface area contributed by atoms with Crippen LogP contribution in [0.2, 0.25) is 0 Å². The van der Waals surface area contributed by atoms with Gasteiger partial charge in [0.1, 0.15) is 0 Å². The lowest BCUT2D eigenvalue weighted by Crippen LogP contribution is -2.37. The molecule has 0 unspecified atom stereocenters. The lowest BCUT2D eigenvalue weighted by molar-refractivity contribution is 0.0953. The first-order valence-corrected chi connectivity index (χ1v) is 12.3. The van der Waals surface area contributed by atoms with Crippen molar-refractivity contribution in [1.29, 1.82) is 0 Å². The second-order valence-electron chi connectivity index (χ2n) is 7.33. The number of sulfone groups is 1. The van der Waals surface area contributed by atoms with E-state index >= 15 is 0 Å². The van der Waals surface area contributed by atoms with Crippen molar-refractivity contribution in [2.75, 3.05) is 26.4 Å². The monoisotopic (exact) mass is 572 g/mol. The summed E-state index contributed by atoms with van der Waals surface area (Å²) >= 11 is 0. The Bertz CT molecular complexity index is 975. The summed E-state index contributed by atoms with van der Waals surface area (Å²) < 4.78 is 23.0. The summed E-state index contributed by atoms with van der Waals surface area (Å²) in [5.74, 6) is 0.629. The second-order valence-corrected chi connectivity index (χ2v) is 9.34. The van der Waals surface area contributed by atoms with Gasteiger partial charge >= 0.3 is 0 Å². The van der Waals surface area contributed by atoms with Gasteiger partial charge in [-0.05, 0) is 48.2 Å². The number of carbonyl (C=O) groups is 1. The number of halogens is 1. The number of amides is 1. The molecular formula is C23H33IN4O3S. The number of benzene rings is 2. The number of guanidine groups is 1. The van der Waals surface area contributed by atoms with Crippen LogP contribution in [0.5, 0.6) is 0 Å². The predicted molar refractivity (Wildman–Crippen MR) is 141 cm³/mol. The van der Waals surface area contributed by atoms with E-state index in [0.29, 0.717) is 36.1 Å². The maximum atomic E-state index is 12.1. The van der Waals surface area contributed by atoms with Gasteiger partial charge in [0.25, 0.3) is 5.91 Å². The maximum Gasteiger partial charge on any atom is 0.251 e. The molecule has 2 rings (SSSR count). The largest absolute Gasteiger partial charge is 0.356 e. The van der Waals surface area contributed by atoms with Crippen molar-refractivity contribution in [3.05, 3.63) is 65.2 Å². The Balaban J connectivity index is 0.00000512. The number of hydrogen-bond donors (Lipinski definition) is 3. The Labute approximate surface area is 208 Å². The summed E-state index contributed by atoms with van der Waals surface area (Å²) in [5.41, 5.74) is 2.75. The fraction of sp³-hybridized carbons (Fsp3) is 0.391. The summed E-state index contributed by atoms with van der Waals surface area (Å²) in [6.07, 6.45) is 3.98. The highest BCUT2D eigenvalue weighted by molar-refractivity contribution is 14.0. The average Bonchev–Trinajstić information content (AvgIpc) is 2.76. The molecule has 0 bridgehead atoms. The number of hydrogen-bond acceptors (Lipinski definition) is 4. The van der Waals surface area contributed by atoms with Crippen LogP contribution in [0.1, 0.15) is 41.3 Å². The normalized spacial score (nSPS) is 11.4. The summed E-state index contributed by atoms with van der Waals surface area (Å²) in [6, 6.07) is 14.4. The first kappa shape index (κ1) is 27.9. The maximum absolute atomic E-state index is 12.1. The molecule has 3 N–H and O–H groups in total. The molecule has 7 nitrogen and oxygen atoms in total. The lowest BCUT2D eigenvalue weighted by Gasteiger charge is -2.12. The molecule has 0 radical (unpaired) electrons. The second kappa shape index (κ2) is 14.1. The first-order valence-electron chi connectivity index (χ1n) is 10.4. The highest BCUT2D eigenvalue weighted by Crippen LogP contribution is 2.10. The molecule has 1 amide bonds. The van der Waals surface area contributed by atoms with Crippen molar-refractivity contribution < 1.29 is 13.2 Å². The van der Waals surface area contributed by atoms with E-state index < -0.39 is 9.84 Å². The Hall–Kier alpha value is -2.14. The van der Waals surface area contributed by atoms with Crippen LogP contribution >= 0.6 is 24.0 Å². The molecule has 0 atom stereocenters. The van der Waals surface area contributed by atoms with Gasteiger partial charge in [-0.2, -0.15) is 0 Å². The van der Waals surface area contributed by atoms with Gasteiger partial charge in [0.15, 0.2) is 15.8 Å². The molecule has 176 valence electrons. The Morgan fingerprint density at radius 2 is 1.53 bits per heavy atom. The van der Waals surface area contributed by atoms with Gasteiger partial charge in [0, 0.05) is 38.5 Å². The number of rotatable bonds is 10. The Kier molecular flexibility index (Phi) is 12.3. The number of nitrogens with one attached hydrogen (secondary N) is 3. The molecule has 0 fully saturated rings. The van der Waals surface area contributed by atoms with E-state index in [1.165, 1.54) is 6.26 Å². The zero-order chi connectivity index (χ0) is 22.7. The summed E-state index contributed by atoms with van der Waals surface area (Å²) in [5, 5.41) is 9.41. The van der Waals surface area contributed by atoms with Crippen molar-refractivity contribution in [3.8, 4) is 0 Å². The third-order valence-electron chi connectivity index (χ3n) is 4.77. The van der Waals surface area contributed by atoms with Gasteiger partial charge < -0.3 is 16.0 Å². The van der Waals surface area contributed by atoms with Crippen LogP contribution in [0.25, 0.3) is 0 Å². The fourth-order valence-corrected chi connectivity index (χ4v) is 3.52. The minimum absolute atomic E-state index is 0. The van der Waals surface area contributed by atoms with Gasteiger partial charge in [-0.15, -0.1) is 24.0 Å². The van der Waals surface area contributed by atoms with Crippen LogP contribution in [0.3, 0.4) is 0 Å². The molecule has 0 aliphatic carbocycles. The Morgan fingerprint density at radius 1 is 0.906 bits per heavy atom. The highest BCUT2D eigenvalue weighted by atomic mass is 127. The summed E-state index contributed by atoms with van der Waals surface area (Å²) in [7, 11) is -1.46. The number of aliphatic imine (C=N–C) groups is 1. The lowest BCUT2D eigenvalue weighted by atomic mass is 10.1. The molecule has 0 aliphatic rings. The first-order chi connectivity index (χ1) is 14.8. The fourth-order valence-electron chi connectivity index (χ4n) is 2.89. The van der Waals surface area contributed by atoms with E-state index in [2.05, 4.69) is 27.9 Å². The average molecular weight is 573 g/mol. The molecule has 9 heteroatoms. The van der Waals surface area contributed by atoms with Crippen molar-refractivity contribution in [2.24, 2.45) is 4.99 Å². The Morgan fingerprint density at radius 3 is 2.09 bits per heavy atom. The third kappa shape index (κ3) is 9.56. The molecule has 0 saturated carbocycles. The standard InChI is InChI=1S/C23H32N4O3S.HI/c1-4-5-15-25-22(28)20-10-6-19(7-11-20)17-27-23(24-2)26-16-14-18-8-12-21(13-9-18)31(3,29)30;/h6-13H,4-5,14-17H2,1-3H3,(H,25,28)(H2,24,26,27);1H. The number of nitrogens with zero attached hydrogens (tertiary/aromatic N) is 1. The van der Waals surface area contributed by atoms with Crippen LogP contribution in [0.15, 0.2) is 58.4 Å². The smallest absolute Gasteiger partial charge is 0.251 e. The molecule has 0 saturated heterocycles. The van der Waals surface area contributed by atoms with E-state index in [-0.39, 0.29) is 29.9 Å². The van der Waals surface area contributed by atoms with Crippen molar-refractivity contribution in [1.82, 2.24) is 16.0 Å². The van der Waals surface area contributed by atoms with Crippen LogP contribution in [0.4, 0.5) is 0 Å². The number of carbonyl (C=O) groups excluding carboxylic acids is 1. The molecule has 0 heterocycles. The van der Waals surface area contributed by atoms with E-state index in [1.807, 2.05) is 36.4 Å². The van der Waals surface area contributed by atoms with E-state index in [1.54, 1.807) is 19.2 Å². The van der Waals surface area contributed by atoms with Gasteiger partial charge in [0.05, 0.1) is 4.90 Å². The van der Waals surface area contributed by atoms with Gasteiger partial charge in [0.2, 0.25) is 0 Å². The van der Waals surface area contributed by atoms with E-state index in [9.17, 15) is 13.2 Å². The van der Waals surface area contributed by atoms with Gasteiger partial charge in [-0.25, -0.2) is 8.42 Å². The topological polar surface area (TPSA) is 99.7 Å². The van der Waals surface area contributed by atoms with E-state index in [4.69, 9.17) is 0 Å². The molecule has 2 aromatic carbocycles. The highest BCUT2D eigenvalue weighted by Gasteiger charge is 2.07. The van der Waals surface area contributed by atoms with Crippen molar-refractivity contribution >= 4 is 45.7 Å². The van der Waals surface area contributed by atoms with Crippen molar-refractivity contribution in [3.63, 3.8) is 0 Å². The molecule has 32 heavy (non-hydrogen) atoms. The summed E-state index contributed by atoms with van der Waals surface area (Å²) in [4.78, 5) is 16.6. The predicted octanol–water partition coefficient (Wildman–Crippen LogP) is 3.15. The molecule has 0 aromatic heterocycles. The molecule has 0 aliphatic heterocycles. The third-order valence-corrected chi connectivity index (χ3v) is 5.90. The minimum atomic E-state index is -3.17. The number of unbranched alkanes of at least 4 members (excludes halogenated alkanes) is 1. The van der Waals surface area contributed by atoms with Crippen LogP contribution in [-0.2, 0) is 22.8 Å². The molecular weight excluding hydrogens is 539 g/mol. The summed E-state index contributed by atoms with van der Waals surface area (Å²) in [6.45, 7) is 4.03. The van der Waals surface area contributed by atoms with Crippen molar-refractivity contribution in [2.45, 2.75) is 37.6 Å².